The number of rotatable bonds is 6. The number of carboxylic acid groups (broad SMARTS) is 1. The van der Waals surface area contributed by atoms with Crippen molar-refractivity contribution in [2.45, 2.75) is 39.3 Å². The van der Waals surface area contributed by atoms with Gasteiger partial charge in [-0.2, -0.15) is 0 Å². The molecule has 0 amide bonds. The molecule has 0 aliphatic carbocycles. The lowest BCUT2D eigenvalue weighted by Crippen LogP contribution is -2.42. The zero-order valence-electron chi connectivity index (χ0n) is 9.97. The molecule has 0 radical (unpaired) electrons. The molecule has 0 saturated carbocycles. The van der Waals surface area contributed by atoms with E-state index in [0.717, 1.165) is 12.2 Å². The van der Waals surface area contributed by atoms with Gasteiger partial charge in [0.1, 0.15) is 11.9 Å². The van der Waals surface area contributed by atoms with E-state index in [1.807, 2.05) is 31.5 Å². The van der Waals surface area contributed by atoms with Crippen LogP contribution in [-0.4, -0.2) is 33.2 Å². The van der Waals surface area contributed by atoms with Gasteiger partial charge in [-0.25, -0.2) is 4.98 Å². The van der Waals surface area contributed by atoms with Crippen molar-refractivity contribution in [3.8, 4) is 0 Å². The third kappa shape index (κ3) is 2.61. The van der Waals surface area contributed by atoms with E-state index in [1.165, 1.54) is 0 Å². The zero-order valence-corrected chi connectivity index (χ0v) is 9.97. The number of nitrogens with zero attached hydrogens (tertiary/aromatic N) is 2. The maximum Gasteiger partial charge on any atom is 0.322 e. The molecule has 0 aliphatic heterocycles. The topological polar surface area (TPSA) is 67.2 Å². The standard InChI is InChI=1S/C11H19N3O2/c1-4-9-13-6-7-14(9)8(3)10(11(15)16)12-5-2/h6-8,10,12H,4-5H2,1-3H3,(H,15,16). The van der Waals surface area contributed by atoms with Crippen LogP contribution in [0.25, 0.3) is 0 Å². The SMILES string of the molecule is CCNC(C(=O)O)C(C)n1ccnc1CC. The quantitative estimate of drug-likeness (QED) is 0.760. The second-order valence-electron chi connectivity index (χ2n) is 3.72. The van der Waals surface area contributed by atoms with Crippen molar-refractivity contribution in [1.82, 2.24) is 14.9 Å². The molecule has 1 rings (SSSR count). The van der Waals surface area contributed by atoms with E-state index in [4.69, 9.17) is 5.11 Å². The van der Waals surface area contributed by atoms with Gasteiger partial charge in [0, 0.05) is 18.8 Å². The highest BCUT2D eigenvalue weighted by Crippen LogP contribution is 2.14. The Morgan fingerprint density at radius 3 is 2.81 bits per heavy atom. The van der Waals surface area contributed by atoms with Crippen molar-refractivity contribution < 1.29 is 9.90 Å². The number of carbonyl (C=O) groups is 1. The highest BCUT2D eigenvalue weighted by Gasteiger charge is 2.25. The van der Waals surface area contributed by atoms with Crippen LogP contribution in [0.3, 0.4) is 0 Å². The van der Waals surface area contributed by atoms with Crippen molar-refractivity contribution >= 4 is 5.97 Å². The molecule has 0 aliphatic rings. The lowest BCUT2D eigenvalue weighted by atomic mass is 10.1. The van der Waals surface area contributed by atoms with Crippen molar-refractivity contribution in [2.75, 3.05) is 6.54 Å². The molecule has 0 fully saturated rings. The van der Waals surface area contributed by atoms with E-state index in [-0.39, 0.29) is 6.04 Å². The van der Waals surface area contributed by atoms with Gasteiger partial charge in [-0.1, -0.05) is 13.8 Å². The number of aryl methyl sites for hydroxylation is 1. The fourth-order valence-corrected chi connectivity index (χ4v) is 1.83. The molecule has 5 nitrogen and oxygen atoms in total. The van der Waals surface area contributed by atoms with Crippen molar-refractivity contribution in [1.29, 1.82) is 0 Å². The van der Waals surface area contributed by atoms with Gasteiger partial charge >= 0.3 is 5.97 Å². The predicted octanol–water partition coefficient (Wildman–Crippen LogP) is 1.07. The summed E-state index contributed by atoms with van der Waals surface area (Å²) in [6, 6.07) is -0.723. The molecule has 0 spiro atoms. The van der Waals surface area contributed by atoms with E-state index in [2.05, 4.69) is 10.3 Å². The average molecular weight is 225 g/mol. The van der Waals surface area contributed by atoms with Gasteiger partial charge in [0.05, 0.1) is 6.04 Å². The van der Waals surface area contributed by atoms with Crippen LogP contribution in [0.5, 0.6) is 0 Å². The predicted molar refractivity (Wildman–Crippen MR) is 61.4 cm³/mol. The second-order valence-corrected chi connectivity index (χ2v) is 3.72. The fraction of sp³-hybridized carbons (Fsp3) is 0.636. The van der Waals surface area contributed by atoms with Crippen LogP contribution in [0.2, 0.25) is 0 Å². The van der Waals surface area contributed by atoms with E-state index < -0.39 is 12.0 Å². The summed E-state index contributed by atoms with van der Waals surface area (Å²) in [4.78, 5) is 15.3. The molecular formula is C11H19N3O2. The van der Waals surface area contributed by atoms with Crippen LogP contribution < -0.4 is 5.32 Å². The van der Waals surface area contributed by atoms with Gasteiger partial charge in [0.25, 0.3) is 0 Å². The number of aromatic nitrogens is 2. The van der Waals surface area contributed by atoms with E-state index in [0.29, 0.717) is 6.54 Å². The van der Waals surface area contributed by atoms with Crippen molar-refractivity contribution in [2.24, 2.45) is 0 Å². The number of hydrogen-bond acceptors (Lipinski definition) is 3. The van der Waals surface area contributed by atoms with Crippen LogP contribution in [0.4, 0.5) is 0 Å². The summed E-state index contributed by atoms with van der Waals surface area (Å²) in [6.07, 6.45) is 4.34. The van der Waals surface area contributed by atoms with Gasteiger partial charge < -0.3 is 15.0 Å². The maximum absolute atomic E-state index is 11.1. The molecule has 1 aromatic rings. The number of aliphatic carboxylic acids is 1. The minimum atomic E-state index is -0.829. The molecule has 2 N–H and O–H groups in total. The minimum absolute atomic E-state index is 0.144. The molecular weight excluding hydrogens is 206 g/mol. The minimum Gasteiger partial charge on any atom is -0.480 e. The molecule has 16 heavy (non-hydrogen) atoms. The Morgan fingerprint density at radius 1 is 1.62 bits per heavy atom. The number of likely N-dealkylation sites (N-methyl/N-ethyl adjacent to an activating group) is 1. The van der Waals surface area contributed by atoms with E-state index >= 15 is 0 Å². The molecule has 5 heteroatoms. The highest BCUT2D eigenvalue weighted by atomic mass is 16.4. The van der Waals surface area contributed by atoms with Gasteiger partial charge in [-0.15, -0.1) is 0 Å². The summed E-state index contributed by atoms with van der Waals surface area (Å²) < 4.78 is 1.92. The normalized spacial score (nSPS) is 14.7. The van der Waals surface area contributed by atoms with Crippen molar-refractivity contribution in [3.05, 3.63) is 18.2 Å². The first kappa shape index (κ1) is 12.7. The summed E-state index contributed by atoms with van der Waals surface area (Å²) in [6.45, 7) is 6.44. The smallest absolute Gasteiger partial charge is 0.322 e. The first-order chi connectivity index (χ1) is 7.61. The number of hydrogen-bond donors (Lipinski definition) is 2. The van der Waals surface area contributed by atoms with E-state index in [9.17, 15) is 4.79 Å². The second kappa shape index (κ2) is 5.65. The fourth-order valence-electron chi connectivity index (χ4n) is 1.83. The third-order valence-corrected chi connectivity index (χ3v) is 2.68. The molecule has 0 saturated heterocycles. The molecule has 1 heterocycles. The molecule has 2 unspecified atom stereocenters. The summed E-state index contributed by atoms with van der Waals surface area (Å²) in [5.74, 6) is 0.0850. The summed E-state index contributed by atoms with van der Waals surface area (Å²) in [5.41, 5.74) is 0. The van der Waals surface area contributed by atoms with Crippen LogP contribution in [0.1, 0.15) is 32.6 Å². The van der Waals surface area contributed by atoms with Gasteiger partial charge in [-0.3, -0.25) is 4.79 Å². The first-order valence-electron chi connectivity index (χ1n) is 5.59. The lowest BCUT2D eigenvalue weighted by molar-refractivity contribution is -0.140. The van der Waals surface area contributed by atoms with E-state index in [1.54, 1.807) is 6.20 Å². The van der Waals surface area contributed by atoms with Crippen LogP contribution in [-0.2, 0) is 11.2 Å². The van der Waals surface area contributed by atoms with Crippen LogP contribution in [0, 0.1) is 0 Å². The highest BCUT2D eigenvalue weighted by molar-refractivity contribution is 5.74. The first-order valence-corrected chi connectivity index (χ1v) is 5.59. The maximum atomic E-state index is 11.1. The third-order valence-electron chi connectivity index (χ3n) is 2.68. The van der Waals surface area contributed by atoms with Gasteiger partial charge in [0.15, 0.2) is 0 Å². The Morgan fingerprint density at radius 2 is 2.31 bits per heavy atom. The lowest BCUT2D eigenvalue weighted by Gasteiger charge is -2.23. The Hall–Kier alpha value is -1.36. The molecule has 0 aromatic carbocycles. The Balaban J connectivity index is 2.89. The zero-order chi connectivity index (χ0) is 12.1. The molecule has 2 atom stereocenters. The Labute approximate surface area is 95.5 Å². The molecule has 90 valence electrons. The average Bonchev–Trinajstić information content (AvgIpc) is 2.72. The van der Waals surface area contributed by atoms with Crippen molar-refractivity contribution in [3.63, 3.8) is 0 Å². The largest absolute Gasteiger partial charge is 0.480 e. The number of carboxylic acids is 1. The summed E-state index contributed by atoms with van der Waals surface area (Å²) in [7, 11) is 0. The molecule has 0 bridgehead atoms. The van der Waals surface area contributed by atoms with Crippen LogP contribution >= 0.6 is 0 Å². The van der Waals surface area contributed by atoms with Gasteiger partial charge in [-0.05, 0) is 13.5 Å². The Kier molecular flexibility index (Phi) is 4.49. The van der Waals surface area contributed by atoms with Gasteiger partial charge in [0.2, 0.25) is 0 Å². The Bertz CT molecular complexity index is 349. The number of nitrogens with one attached hydrogen (secondary N) is 1. The number of imidazole rings is 1. The summed E-state index contributed by atoms with van der Waals surface area (Å²) >= 11 is 0. The summed E-state index contributed by atoms with van der Waals surface area (Å²) in [5, 5.41) is 12.1. The molecule has 1 aromatic heterocycles. The monoisotopic (exact) mass is 225 g/mol. The van der Waals surface area contributed by atoms with Crippen LogP contribution in [0.15, 0.2) is 12.4 Å².